The van der Waals surface area contributed by atoms with E-state index in [-0.39, 0.29) is 0 Å². The van der Waals surface area contributed by atoms with Crippen LogP contribution in [0.2, 0.25) is 0 Å². The van der Waals surface area contributed by atoms with E-state index < -0.39 is 5.41 Å². The van der Waals surface area contributed by atoms with Crippen LogP contribution in [-0.2, 0) is 5.41 Å². The molecule has 14 heteroatoms. The van der Waals surface area contributed by atoms with Crippen molar-refractivity contribution in [1.82, 2.24) is 44.9 Å². The zero-order valence-corrected chi connectivity index (χ0v) is 59.8. The van der Waals surface area contributed by atoms with E-state index >= 15 is 0 Å². The van der Waals surface area contributed by atoms with Crippen LogP contribution in [0.25, 0.3) is 186 Å². The Labute approximate surface area is 630 Å². The van der Waals surface area contributed by atoms with Gasteiger partial charge in [0.25, 0.3) is 0 Å². The predicted molar refractivity (Wildman–Crippen MR) is 440 cm³/mol. The van der Waals surface area contributed by atoms with E-state index in [2.05, 4.69) is 224 Å². The number of aromatic nitrogens is 9. The molecule has 506 valence electrons. The zero-order chi connectivity index (χ0) is 71.2. The maximum absolute atomic E-state index is 6.30. The standard InChI is InChI=1S/C53H32N4OS.C41H23N5OS2/c1-4-17-33(18-5-1)49-55-50(38-25-15-29-42-46(38)36-23-10-11-28-41(36)53(42,34-19-6-2-7-20-34)35-21-8-3-9-22-35)57-51(56-49)39-26-16-32-45-47(39)37-24-14-27-40(48(37)59-45)52-54-43-30-12-13-31-44(43)58-52;1-2-10-24(11-3-1)37-44-38(25-20-22-26(23-21-25)41-43-31-16-5-7-18-33(31)49-41)46-39(45-37)28-13-9-19-34-35(28)27-12-8-14-29(36(27)48-34)40-42-30-15-4-6-17-32(30)47-40/h1-32H;1-23H. The van der Waals surface area contributed by atoms with Gasteiger partial charge in [-0.1, -0.05) is 273 Å². The Kier molecular flexibility index (Phi) is 15.1. The first-order chi connectivity index (χ1) is 53.5. The highest BCUT2D eigenvalue weighted by Gasteiger charge is 2.47. The summed E-state index contributed by atoms with van der Waals surface area (Å²) in [5.74, 6) is 4.95. The van der Waals surface area contributed by atoms with Crippen LogP contribution in [0.4, 0.5) is 0 Å². The number of benzene rings is 14. The lowest BCUT2D eigenvalue weighted by Gasteiger charge is -2.33. The number of hydrogen-bond acceptors (Lipinski definition) is 14. The molecule has 0 saturated heterocycles. The zero-order valence-electron chi connectivity index (χ0n) is 57.3. The van der Waals surface area contributed by atoms with E-state index in [0.717, 1.165) is 129 Å². The summed E-state index contributed by atoms with van der Waals surface area (Å²) in [4.78, 5) is 45.7. The number of fused-ring (bicyclic) bond motifs is 12. The number of thiophene rings is 2. The SMILES string of the molecule is c1ccc(-c2nc(-c3ccc(-c4nc5ccccc5s4)cc3)nc(-c3cccc4sc5c(-c6nc7ccccc7o6)cccc5c34)n2)cc1.c1ccc(-c2nc(-c3cccc4c3-c3ccccc3C4(c3ccccc3)c3ccccc3)nc(-c3cccc4sc5c(-c6nc7ccccc7o6)cccc5c34)n2)cc1. The summed E-state index contributed by atoms with van der Waals surface area (Å²) in [7, 11) is 0. The number of nitrogens with zero attached hydrogens (tertiary/aromatic N) is 9. The summed E-state index contributed by atoms with van der Waals surface area (Å²) in [6.45, 7) is 0. The molecule has 0 amide bonds. The molecule has 1 aliphatic carbocycles. The van der Waals surface area contributed by atoms with Gasteiger partial charge in [0.2, 0.25) is 11.8 Å². The van der Waals surface area contributed by atoms with Crippen molar-refractivity contribution in [1.29, 1.82) is 0 Å². The normalized spacial score (nSPS) is 12.3. The van der Waals surface area contributed by atoms with Crippen molar-refractivity contribution in [2.45, 2.75) is 5.41 Å². The molecule has 0 saturated carbocycles. The van der Waals surface area contributed by atoms with E-state index in [4.69, 9.17) is 53.7 Å². The molecule has 0 atom stereocenters. The Bertz CT molecular complexity index is 6940. The number of thiazole rings is 1. The Balaban J connectivity index is 0.000000140. The minimum atomic E-state index is -0.545. The van der Waals surface area contributed by atoms with Crippen LogP contribution < -0.4 is 0 Å². The van der Waals surface area contributed by atoms with Crippen LogP contribution in [0.5, 0.6) is 0 Å². The quantitative estimate of drug-likeness (QED) is 0.122. The van der Waals surface area contributed by atoms with Crippen molar-refractivity contribution < 1.29 is 8.83 Å². The van der Waals surface area contributed by atoms with Crippen molar-refractivity contribution in [3.05, 3.63) is 356 Å². The highest BCUT2D eigenvalue weighted by Crippen LogP contribution is 2.58. The minimum absolute atomic E-state index is 0.545. The van der Waals surface area contributed by atoms with E-state index in [1.807, 2.05) is 109 Å². The number of oxazole rings is 2. The first-order valence-corrected chi connectivity index (χ1v) is 38.0. The molecule has 0 unspecified atom stereocenters. The summed E-state index contributed by atoms with van der Waals surface area (Å²) in [6.07, 6.45) is 0. The van der Waals surface area contributed by atoms with Gasteiger partial charge >= 0.3 is 0 Å². The molecule has 1 aliphatic rings. The third-order valence-electron chi connectivity index (χ3n) is 20.3. The van der Waals surface area contributed by atoms with Gasteiger partial charge in [0.15, 0.2) is 46.1 Å². The molecule has 7 aromatic heterocycles. The number of hydrogen-bond donors (Lipinski definition) is 0. The van der Waals surface area contributed by atoms with Crippen LogP contribution in [0, 0.1) is 0 Å². The fraction of sp³-hybridized carbons (Fsp3) is 0.0106. The molecular formula is C94H55N9O2S3. The summed E-state index contributed by atoms with van der Waals surface area (Å²) in [5.41, 5.74) is 19.5. The van der Waals surface area contributed by atoms with Crippen LogP contribution in [0.15, 0.2) is 342 Å². The Morgan fingerprint density at radius 1 is 0.241 bits per heavy atom. The van der Waals surface area contributed by atoms with Crippen LogP contribution in [0.3, 0.4) is 0 Å². The van der Waals surface area contributed by atoms with E-state index in [1.165, 1.54) is 32.5 Å². The molecule has 0 fully saturated rings. The van der Waals surface area contributed by atoms with E-state index in [0.29, 0.717) is 46.7 Å². The lowest BCUT2D eigenvalue weighted by Crippen LogP contribution is -2.28. The first kappa shape index (κ1) is 62.9. The fourth-order valence-electron chi connectivity index (χ4n) is 15.5. The Morgan fingerprint density at radius 3 is 1.16 bits per heavy atom. The second kappa shape index (κ2) is 25.9. The largest absolute Gasteiger partial charge is 0.436 e. The average Bonchev–Trinajstić information content (AvgIpc) is 1.53. The van der Waals surface area contributed by atoms with Crippen molar-refractivity contribution in [2.75, 3.05) is 0 Å². The topological polar surface area (TPSA) is 142 Å². The van der Waals surface area contributed by atoms with Gasteiger partial charge in [0.1, 0.15) is 16.0 Å². The lowest BCUT2D eigenvalue weighted by molar-refractivity contribution is 0.620. The van der Waals surface area contributed by atoms with Gasteiger partial charge in [-0.15, -0.1) is 34.0 Å². The molecule has 7 heterocycles. The first-order valence-electron chi connectivity index (χ1n) is 35.6. The number of rotatable bonds is 11. The summed E-state index contributed by atoms with van der Waals surface area (Å²) < 4.78 is 18.2. The smallest absolute Gasteiger partial charge is 0.228 e. The molecule has 0 N–H and O–H groups in total. The van der Waals surface area contributed by atoms with Gasteiger partial charge in [-0.3, -0.25) is 0 Å². The molecule has 11 nitrogen and oxygen atoms in total. The molecular weight excluding hydrogens is 1380 g/mol. The maximum atomic E-state index is 6.30. The van der Waals surface area contributed by atoms with Gasteiger partial charge in [0, 0.05) is 79.3 Å². The van der Waals surface area contributed by atoms with Crippen LogP contribution in [-0.4, -0.2) is 44.9 Å². The lowest BCUT2D eigenvalue weighted by atomic mass is 9.67. The second-order valence-corrected chi connectivity index (χ2v) is 29.7. The summed E-state index contributed by atoms with van der Waals surface area (Å²) in [5, 5.41) is 5.40. The van der Waals surface area contributed by atoms with Gasteiger partial charge in [0.05, 0.1) is 26.8 Å². The van der Waals surface area contributed by atoms with Crippen LogP contribution in [0.1, 0.15) is 22.3 Å². The minimum Gasteiger partial charge on any atom is -0.436 e. The molecule has 22 rings (SSSR count). The Hall–Kier alpha value is -13.6. The highest BCUT2D eigenvalue weighted by molar-refractivity contribution is 7.27. The second-order valence-electron chi connectivity index (χ2n) is 26.6. The molecule has 14 aromatic carbocycles. The van der Waals surface area contributed by atoms with Crippen molar-refractivity contribution >= 4 is 107 Å². The van der Waals surface area contributed by atoms with E-state index in [1.54, 1.807) is 34.0 Å². The Morgan fingerprint density at radius 2 is 0.620 bits per heavy atom. The fourth-order valence-corrected chi connectivity index (χ4v) is 18.9. The average molecular weight is 1440 g/mol. The molecule has 108 heavy (non-hydrogen) atoms. The molecule has 0 aliphatic heterocycles. The number of para-hydroxylation sites is 5. The van der Waals surface area contributed by atoms with Crippen molar-refractivity contribution in [2.24, 2.45) is 0 Å². The summed E-state index contributed by atoms with van der Waals surface area (Å²) >= 11 is 5.16. The third kappa shape index (κ3) is 10.5. The molecule has 0 radical (unpaired) electrons. The van der Waals surface area contributed by atoms with Gasteiger partial charge in [-0.25, -0.2) is 44.9 Å². The molecule has 21 aromatic rings. The highest BCUT2D eigenvalue weighted by atomic mass is 32.1. The summed E-state index contributed by atoms with van der Waals surface area (Å²) in [6, 6.07) is 115. The monoisotopic (exact) mass is 1440 g/mol. The van der Waals surface area contributed by atoms with Crippen LogP contribution >= 0.6 is 34.0 Å². The van der Waals surface area contributed by atoms with E-state index in [9.17, 15) is 0 Å². The van der Waals surface area contributed by atoms with Gasteiger partial charge in [-0.05, 0) is 94.0 Å². The van der Waals surface area contributed by atoms with Crippen molar-refractivity contribution in [3.8, 4) is 113 Å². The maximum Gasteiger partial charge on any atom is 0.228 e. The van der Waals surface area contributed by atoms with Crippen molar-refractivity contribution in [3.63, 3.8) is 0 Å². The van der Waals surface area contributed by atoms with Gasteiger partial charge in [-0.2, -0.15) is 0 Å². The molecule has 0 spiro atoms. The predicted octanol–water partition coefficient (Wildman–Crippen LogP) is 24.7. The third-order valence-corrected chi connectivity index (χ3v) is 23.8. The molecule has 0 bridgehead atoms. The van der Waals surface area contributed by atoms with Gasteiger partial charge < -0.3 is 8.83 Å².